The number of benzene rings is 2. The normalized spacial score (nSPS) is 10.6. The Labute approximate surface area is 143 Å². The third kappa shape index (κ3) is 3.44. The number of aldehydes is 1. The fourth-order valence-electron chi connectivity index (χ4n) is 2.25. The summed E-state index contributed by atoms with van der Waals surface area (Å²) in [5.41, 5.74) is 1.10. The second-order valence-corrected chi connectivity index (χ2v) is 6.36. The van der Waals surface area contributed by atoms with Crippen LogP contribution in [0.2, 0.25) is 0 Å². The molecule has 2 aromatic carbocycles. The maximum absolute atomic E-state index is 11.2. The molecule has 1 heterocycles. The summed E-state index contributed by atoms with van der Waals surface area (Å²) in [6, 6.07) is 14.6. The van der Waals surface area contributed by atoms with Crippen LogP contribution < -0.4 is 4.74 Å². The van der Waals surface area contributed by atoms with E-state index in [4.69, 9.17) is 4.74 Å². The molecule has 3 aromatic rings. The van der Waals surface area contributed by atoms with E-state index in [1.54, 1.807) is 42.5 Å². The van der Waals surface area contributed by atoms with E-state index in [-0.39, 0.29) is 5.75 Å². The van der Waals surface area contributed by atoms with E-state index in [1.165, 1.54) is 0 Å². The Morgan fingerprint density at radius 3 is 2.25 bits per heavy atom. The van der Waals surface area contributed by atoms with E-state index in [0.29, 0.717) is 22.9 Å². The van der Waals surface area contributed by atoms with Gasteiger partial charge >= 0.3 is 0 Å². The fourth-order valence-corrected chi connectivity index (χ4v) is 3.06. The number of hydrogen-bond donors (Lipinski definition) is 1. The van der Waals surface area contributed by atoms with Crippen LogP contribution in [0.5, 0.6) is 17.4 Å². The van der Waals surface area contributed by atoms with Crippen LogP contribution in [0.1, 0.15) is 16.1 Å². The van der Waals surface area contributed by atoms with Gasteiger partial charge in [-0.3, -0.25) is 4.79 Å². The highest BCUT2D eigenvalue weighted by Crippen LogP contribution is 2.31. The number of nitrogens with zero attached hydrogens (tertiary/aromatic N) is 2. The van der Waals surface area contributed by atoms with Crippen LogP contribution in [0.3, 0.4) is 0 Å². The first-order valence-corrected chi connectivity index (χ1v) is 8.12. The molecule has 0 atom stereocenters. The van der Waals surface area contributed by atoms with Crippen molar-refractivity contribution in [1.82, 2.24) is 9.78 Å². The van der Waals surface area contributed by atoms with Crippen LogP contribution in [-0.4, -0.2) is 21.2 Å². The van der Waals surface area contributed by atoms with Gasteiger partial charge in [-0.05, 0) is 55.5 Å². The number of hydrogen-bond acceptors (Lipinski definition) is 5. The fraction of sp³-hybridized carbons (Fsp3) is 0.111. The molecule has 0 saturated carbocycles. The number of rotatable bonds is 5. The minimum absolute atomic E-state index is 0.251. The lowest BCUT2D eigenvalue weighted by Crippen LogP contribution is -1.96. The second kappa shape index (κ2) is 6.80. The lowest BCUT2D eigenvalue weighted by Gasteiger charge is -2.08. The molecular weight excluding hydrogens is 324 g/mol. The lowest BCUT2D eigenvalue weighted by atomic mass is 10.3. The molecule has 0 radical (unpaired) electrons. The Bertz CT molecular complexity index is 855. The summed E-state index contributed by atoms with van der Waals surface area (Å²) in [4.78, 5) is 13.3. The van der Waals surface area contributed by atoms with Crippen LogP contribution in [0.15, 0.2) is 58.3 Å². The summed E-state index contributed by atoms with van der Waals surface area (Å²) < 4.78 is 7.35. The van der Waals surface area contributed by atoms with Crippen molar-refractivity contribution in [2.24, 2.45) is 7.05 Å². The molecule has 0 unspecified atom stereocenters. The first-order valence-electron chi connectivity index (χ1n) is 7.30. The molecule has 6 heteroatoms. The van der Waals surface area contributed by atoms with Crippen molar-refractivity contribution in [2.75, 3.05) is 0 Å². The van der Waals surface area contributed by atoms with Gasteiger partial charge in [-0.1, -0.05) is 11.8 Å². The van der Waals surface area contributed by atoms with Crippen LogP contribution in [-0.2, 0) is 7.05 Å². The van der Waals surface area contributed by atoms with Gasteiger partial charge in [0, 0.05) is 16.8 Å². The third-order valence-electron chi connectivity index (χ3n) is 3.44. The van der Waals surface area contributed by atoms with Gasteiger partial charge in [-0.25, -0.2) is 4.68 Å². The number of carbonyl (C=O) groups is 1. The summed E-state index contributed by atoms with van der Waals surface area (Å²) in [6.45, 7) is 1.77. The first kappa shape index (κ1) is 16.1. The maximum Gasteiger partial charge on any atom is 0.228 e. The van der Waals surface area contributed by atoms with Gasteiger partial charge in [0.1, 0.15) is 11.5 Å². The zero-order chi connectivity index (χ0) is 17.1. The molecule has 0 aliphatic carbocycles. The molecule has 0 bridgehead atoms. The number of ether oxygens (including phenoxy) is 1. The largest absolute Gasteiger partial charge is 0.508 e. The monoisotopic (exact) mass is 340 g/mol. The van der Waals surface area contributed by atoms with E-state index >= 15 is 0 Å². The van der Waals surface area contributed by atoms with E-state index in [1.807, 2.05) is 36.4 Å². The number of phenolic OH excluding ortho intramolecular Hbond substituents is 1. The smallest absolute Gasteiger partial charge is 0.228 e. The van der Waals surface area contributed by atoms with Crippen molar-refractivity contribution >= 4 is 18.0 Å². The Balaban J connectivity index is 1.75. The lowest BCUT2D eigenvalue weighted by molar-refractivity contribution is 0.112. The average Bonchev–Trinajstić information content (AvgIpc) is 2.84. The van der Waals surface area contributed by atoms with Crippen molar-refractivity contribution in [2.45, 2.75) is 16.7 Å². The van der Waals surface area contributed by atoms with E-state index < -0.39 is 0 Å². The number of aromatic hydroxyl groups is 1. The van der Waals surface area contributed by atoms with E-state index in [9.17, 15) is 9.90 Å². The van der Waals surface area contributed by atoms with Gasteiger partial charge < -0.3 is 9.84 Å². The number of aromatic nitrogens is 2. The van der Waals surface area contributed by atoms with E-state index in [0.717, 1.165) is 16.1 Å². The predicted molar refractivity (Wildman–Crippen MR) is 92.1 cm³/mol. The number of aryl methyl sites for hydroxylation is 2. The van der Waals surface area contributed by atoms with Crippen LogP contribution >= 0.6 is 11.8 Å². The molecule has 0 fully saturated rings. The zero-order valence-electron chi connectivity index (χ0n) is 13.3. The maximum atomic E-state index is 11.2. The molecule has 1 aromatic heterocycles. The number of phenols is 1. The second-order valence-electron chi connectivity index (χ2n) is 5.22. The Hall–Kier alpha value is -2.73. The van der Waals surface area contributed by atoms with Gasteiger partial charge in [0.2, 0.25) is 5.88 Å². The Kier molecular flexibility index (Phi) is 4.57. The summed E-state index contributed by atoms with van der Waals surface area (Å²) >= 11 is 1.59. The van der Waals surface area contributed by atoms with Gasteiger partial charge in [-0.15, -0.1) is 0 Å². The Morgan fingerprint density at radius 1 is 1.08 bits per heavy atom. The molecule has 1 N–H and O–H groups in total. The van der Waals surface area contributed by atoms with Crippen LogP contribution in [0.4, 0.5) is 0 Å². The van der Waals surface area contributed by atoms with Crippen molar-refractivity contribution in [3.63, 3.8) is 0 Å². The quantitative estimate of drug-likeness (QED) is 0.706. The highest BCUT2D eigenvalue weighted by atomic mass is 32.2. The zero-order valence-corrected chi connectivity index (χ0v) is 14.1. The third-order valence-corrected chi connectivity index (χ3v) is 4.46. The first-order chi connectivity index (χ1) is 11.6. The van der Waals surface area contributed by atoms with Crippen LogP contribution in [0, 0.1) is 6.92 Å². The van der Waals surface area contributed by atoms with Crippen molar-refractivity contribution < 1.29 is 14.6 Å². The van der Waals surface area contributed by atoms with Crippen LogP contribution in [0.25, 0.3) is 0 Å². The Morgan fingerprint density at radius 2 is 1.67 bits per heavy atom. The molecule has 24 heavy (non-hydrogen) atoms. The molecule has 0 aliphatic rings. The highest BCUT2D eigenvalue weighted by Gasteiger charge is 2.14. The van der Waals surface area contributed by atoms with E-state index in [2.05, 4.69) is 5.10 Å². The van der Waals surface area contributed by atoms with Gasteiger partial charge in [-0.2, -0.15) is 5.10 Å². The minimum atomic E-state index is 0.251. The molecule has 0 spiro atoms. The molecule has 5 nitrogen and oxygen atoms in total. The summed E-state index contributed by atoms with van der Waals surface area (Å²) in [7, 11) is 1.74. The molecule has 0 amide bonds. The number of carbonyl (C=O) groups excluding carboxylic acids is 1. The van der Waals surface area contributed by atoms with Gasteiger partial charge in [0.05, 0.1) is 11.3 Å². The summed E-state index contributed by atoms with van der Waals surface area (Å²) in [5.74, 6) is 1.32. The molecule has 0 aliphatic heterocycles. The van der Waals surface area contributed by atoms with Crippen molar-refractivity contribution in [3.8, 4) is 17.4 Å². The summed E-state index contributed by atoms with van der Waals surface area (Å²) in [5, 5.41) is 13.5. The molecular formula is C18H16N2O3S. The molecule has 3 rings (SSSR count). The predicted octanol–water partition coefficient (Wildman–Crippen LogP) is 4.19. The van der Waals surface area contributed by atoms with Gasteiger partial charge in [0.15, 0.2) is 6.29 Å². The minimum Gasteiger partial charge on any atom is -0.508 e. The SMILES string of the molecule is Cc1nn(C)c(Oc2ccc(Sc3ccc(O)cc3)cc2)c1C=O. The average molecular weight is 340 g/mol. The summed E-state index contributed by atoms with van der Waals surface area (Å²) in [6.07, 6.45) is 0.757. The van der Waals surface area contributed by atoms with Crippen molar-refractivity contribution in [3.05, 3.63) is 59.8 Å². The molecule has 122 valence electrons. The highest BCUT2D eigenvalue weighted by molar-refractivity contribution is 7.99. The topological polar surface area (TPSA) is 64.3 Å². The standard InChI is InChI=1S/C18H16N2O3S/c1-12-17(11-21)18(20(2)19-12)23-14-5-9-16(10-6-14)24-15-7-3-13(22)4-8-15/h3-11,22H,1-2H3. The van der Waals surface area contributed by atoms with Gasteiger partial charge in [0.25, 0.3) is 0 Å². The van der Waals surface area contributed by atoms with Crippen molar-refractivity contribution in [1.29, 1.82) is 0 Å². The molecule has 0 saturated heterocycles.